The zero-order valence-corrected chi connectivity index (χ0v) is 12.4. The molecule has 1 aromatic rings. The van der Waals surface area contributed by atoms with Crippen LogP contribution in [0.5, 0.6) is 0 Å². The number of hydrogen-bond acceptors (Lipinski definition) is 7. The average molecular weight is 358 g/mol. The number of carboxylic acids is 3. The molecule has 0 aromatic heterocycles. The minimum Gasteiger partial charge on any atom is -0.595 e. The van der Waals surface area contributed by atoms with Crippen molar-refractivity contribution in [3.8, 4) is 0 Å². The van der Waals surface area contributed by atoms with Gasteiger partial charge in [-0.05, 0) is 6.07 Å². The first-order valence-electron chi connectivity index (χ1n) is 6.60. The maximum atomic E-state index is 11.7. The van der Waals surface area contributed by atoms with Gasteiger partial charge in [0.05, 0.1) is 12.0 Å². The first-order valence-corrected chi connectivity index (χ1v) is 6.60. The Labute approximate surface area is 139 Å². The molecular weight excluding hydrogens is 344 g/mol. The summed E-state index contributed by atoms with van der Waals surface area (Å²) in [5, 5.41) is 47.0. The third-order valence-corrected chi connectivity index (χ3v) is 2.89. The van der Waals surface area contributed by atoms with Crippen molar-refractivity contribution in [3.63, 3.8) is 0 Å². The van der Waals surface area contributed by atoms with Gasteiger partial charge in [-0.1, -0.05) is 12.1 Å². The molecule has 0 aliphatic heterocycles. The van der Waals surface area contributed by atoms with Gasteiger partial charge in [-0.25, -0.2) is 19.6 Å². The van der Waals surface area contributed by atoms with E-state index >= 15 is 0 Å². The summed E-state index contributed by atoms with van der Waals surface area (Å²) in [4.78, 5) is 44.4. The second-order valence-electron chi connectivity index (χ2n) is 4.65. The van der Waals surface area contributed by atoms with Crippen LogP contribution in [0.15, 0.2) is 24.3 Å². The zero-order valence-electron chi connectivity index (χ0n) is 12.4. The monoisotopic (exact) mass is 358 g/mol. The summed E-state index contributed by atoms with van der Waals surface area (Å²) < 4.78 is 4.58. The van der Waals surface area contributed by atoms with Crippen LogP contribution in [-0.2, 0) is 19.1 Å². The van der Waals surface area contributed by atoms with Crippen molar-refractivity contribution < 1.29 is 49.7 Å². The summed E-state index contributed by atoms with van der Waals surface area (Å²) in [7, 11) is 0. The maximum Gasteiger partial charge on any atom is 0.409 e. The summed E-state index contributed by atoms with van der Waals surface area (Å²) in [5.41, 5.74) is -0.772. The molecule has 0 aliphatic carbocycles. The number of carbonyl (C=O) groups excluding carboxylic acids is 1. The highest BCUT2D eigenvalue weighted by Crippen LogP contribution is 2.23. The molecule has 0 saturated carbocycles. The second kappa shape index (κ2) is 8.58. The number of carbonyl (C=O) groups is 4. The molecule has 1 amide bonds. The molecule has 1 aromatic carbocycles. The fraction of sp³-hybridized carbons (Fsp3) is 0.231. The van der Waals surface area contributed by atoms with Crippen LogP contribution in [0.25, 0.3) is 0 Å². The molecule has 136 valence electrons. The van der Waals surface area contributed by atoms with E-state index in [-0.39, 0.29) is 5.56 Å². The Bertz CT molecular complexity index is 675. The molecule has 0 saturated heterocycles. The molecule has 2 unspecified atom stereocenters. The van der Waals surface area contributed by atoms with Gasteiger partial charge in [0.2, 0.25) is 6.10 Å². The molecule has 0 fully saturated rings. The Morgan fingerprint density at radius 3 is 2.20 bits per heavy atom. The fourth-order valence-electron chi connectivity index (χ4n) is 1.83. The predicted octanol–water partition coefficient (Wildman–Crippen LogP) is -1.13. The van der Waals surface area contributed by atoms with Crippen molar-refractivity contribution in [2.75, 3.05) is 0 Å². The zero-order chi connectivity index (χ0) is 19.1. The first kappa shape index (κ1) is 19.8. The summed E-state index contributed by atoms with van der Waals surface area (Å²) in [6.45, 7) is 0. The Balaban J connectivity index is 2.99. The Kier molecular flexibility index (Phi) is 6.81. The second-order valence-corrected chi connectivity index (χ2v) is 4.65. The van der Waals surface area contributed by atoms with Crippen molar-refractivity contribution in [2.45, 2.75) is 18.6 Å². The molecule has 6 N–H and O–H groups in total. The van der Waals surface area contributed by atoms with Crippen LogP contribution < -0.4 is 10.5 Å². The van der Waals surface area contributed by atoms with E-state index in [1.165, 1.54) is 12.1 Å². The molecule has 1 rings (SSSR count). The van der Waals surface area contributed by atoms with Crippen LogP contribution in [-0.4, -0.2) is 50.6 Å². The molecule has 0 heterocycles. The number of para-hydroxylation sites is 1. The molecule has 3 atom stereocenters. The van der Waals surface area contributed by atoms with Crippen LogP contribution in [0, 0.1) is 5.21 Å². The fourth-order valence-corrected chi connectivity index (χ4v) is 1.83. The third kappa shape index (κ3) is 5.72. The van der Waals surface area contributed by atoms with Gasteiger partial charge in [0.1, 0.15) is 6.04 Å². The number of aliphatic carboxylic acids is 3. The van der Waals surface area contributed by atoms with Crippen LogP contribution in [0.3, 0.4) is 0 Å². The van der Waals surface area contributed by atoms with Gasteiger partial charge < -0.3 is 30.6 Å². The molecule has 25 heavy (non-hydrogen) atoms. The molecule has 12 heteroatoms. The highest BCUT2D eigenvalue weighted by Gasteiger charge is 2.31. The van der Waals surface area contributed by atoms with Crippen LogP contribution in [0.2, 0.25) is 0 Å². The Morgan fingerprint density at radius 2 is 1.72 bits per heavy atom. The number of quaternary nitrogens is 1. The number of rotatable bonds is 8. The highest BCUT2D eigenvalue weighted by molar-refractivity contribution is 5.86. The lowest BCUT2D eigenvalue weighted by atomic mass is 10.1. The number of hydrogen-bond donors (Lipinski definition) is 6. The maximum absolute atomic E-state index is 11.7. The van der Waals surface area contributed by atoms with E-state index in [1.807, 2.05) is 0 Å². The van der Waals surface area contributed by atoms with Gasteiger partial charge in [0.25, 0.3) is 0 Å². The number of benzene rings is 1. The molecule has 0 spiro atoms. The molecule has 12 nitrogen and oxygen atoms in total. The summed E-state index contributed by atoms with van der Waals surface area (Å²) >= 11 is 0. The summed E-state index contributed by atoms with van der Waals surface area (Å²) in [6.07, 6.45) is -4.53. The van der Waals surface area contributed by atoms with E-state index in [0.717, 1.165) is 12.1 Å². The minimum atomic E-state index is -2.04. The Hall–Kier alpha value is -3.22. The largest absolute Gasteiger partial charge is 0.595 e. The van der Waals surface area contributed by atoms with E-state index in [1.54, 1.807) is 5.32 Å². The number of ether oxygens (including phenoxy) is 1. The van der Waals surface area contributed by atoms with Gasteiger partial charge in [-0.2, -0.15) is 5.23 Å². The van der Waals surface area contributed by atoms with E-state index < -0.39 is 53.5 Å². The lowest BCUT2D eigenvalue weighted by molar-refractivity contribution is -0.991. The van der Waals surface area contributed by atoms with E-state index in [0.29, 0.717) is 0 Å². The SMILES string of the molecule is O=C(O)C[C@H](NC(=O)OC(C(=O)O)c1ccccc1[NH+]([O-])O)C(=O)O. The number of carboxylic acid groups (broad SMARTS) is 3. The number of nitrogens with one attached hydrogen (secondary N) is 2. The topological polar surface area (TPSA) is 198 Å². The number of amides is 1. The van der Waals surface area contributed by atoms with Crippen molar-refractivity contribution in [1.29, 1.82) is 0 Å². The standard InChI is InChI=1S/C13H14N2O10/c16-9(17)5-7(11(18)19)14-13(22)25-10(12(20)21)6-3-1-2-4-8(6)15(23)24/h1-4,7,10,15,23H,5H2,(H,14,22)(H,16,17)(H,18,19)(H,20,21)/t7-,10?/m0/s1. The average Bonchev–Trinajstić information content (AvgIpc) is 2.51. The van der Waals surface area contributed by atoms with Gasteiger partial charge in [0.15, 0.2) is 5.69 Å². The van der Waals surface area contributed by atoms with Crippen LogP contribution >= 0.6 is 0 Å². The van der Waals surface area contributed by atoms with Gasteiger partial charge in [0, 0.05) is 6.07 Å². The van der Waals surface area contributed by atoms with Crippen molar-refractivity contribution in [1.82, 2.24) is 5.32 Å². The van der Waals surface area contributed by atoms with Crippen molar-refractivity contribution >= 4 is 29.7 Å². The van der Waals surface area contributed by atoms with E-state index in [2.05, 4.69) is 4.74 Å². The van der Waals surface area contributed by atoms with Crippen LogP contribution in [0.4, 0.5) is 10.5 Å². The lowest BCUT2D eigenvalue weighted by Crippen LogP contribution is -2.99. The predicted molar refractivity (Wildman–Crippen MR) is 75.9 cm³/mol. The van der Waals surface area contributed by atoms with Crippen LogP contribution in [0.1, 0.15) is 18.1 Å². The van der Waals surface area contributed by atoms with E-state index in [9.17, 15) is 24.4 Å². The van der Waals surface area contributed by atoms with Crippen molar-refractivity contribution in [3.05, 3.63) is 35.0 Å². The third-order valence-electron chi connectivity index (χ3n) is 2.89. The quantitative estimate of drug-likeness (QED) is 0.309. The first-order chi connectivity index (χ1) is 11.6. The van der Waals surface area contributed by atoms with Gasteiger partial charge in [-0.3, -0.25) is 4.79 Å². The normalized spacial score (nSPS) is 14.0. The summed E-state index contributed by atoms with van der Waals surface area (Å²) in [6, 6.07) is 3.01. The van der Waals surface area contributed by atoms with E-state index in [4.69, 9.17) is 20.5 Å². The molecule has 0 bridgehead atoms. The number of alkyl carbamates (subject to hydrolysis) is 1. The van der Waals surface area contributed by atoms with Crippen molar-refractivity contribution in [2.24, 2.45) is 0 Å². The summed E-state index contributed by atoms with van der Waals surface area (Å²) in [5.74, 6) is -4.88. The lowest BCUT2D eigenvalue weighted by Gasteiger charge is -2.20. The molecule has 0 aliphatic rings. The highest BCUT2D eigenvalue weighted by atomic mass is 16.8. The molecule has 0 radical (unpaired) electrons. The Morgan fingerprint density at radius 1 is 1.12 bits per heavy atom. The smallest absolute Gasteiger partial charge is 0.409 e. The van der Waals surface area contributed by atoms with Gasteiger partial charge in [-0.15, -0.1) is 0 Å². The van der Waals surface area contributed by atoms with Gasteiger partial charge >= 0.3 is 24.0 Å². The molecular formula is C13H14N2O10. The minimum absolute atomic E-state index is 0.345.